The molecule has 0 unspecified atom stereocenters. The maximum absolute atomic E-state index is 8.74. The van der Waals surface area contributed by atoms with Crippen LogP contribution in [0.2, 0.25) is 0 Å². The molecule has 0 radical (unpaired) electrons. The van der Waals surface area contributed by atoms with Crippen LogP contribution in [0.15, 0.2) is 0 Å². The van der Waals surface area contributed by atoms with Gasteiger partial charge < -0.3 is 5.48 Å². The van der Waals surface area contributed by atoms with Crippen molar-refractivity contribution < 1.29 is 40.1 Å². The Balaban J connectivity index is -0.0000000800. The molecule has 4 N–H and O–H groups in total. The third-order valence-corrected chi connectivity index (χ3v) is 0. The molecule has 0 aromatic carbocycles. The van der Waals surface area contributed by atoms with E-state index < -0.39 is 10.4 Å². The van der Waals surface area contributed by atoms with Gasteiger partial charge in [-0.3, -0.25) is 9.11 Å². The molecular weight excluding hydrogens is 168 g/mol. The van der Waals surface area contributed by atoms with E-state index in [0.717, 1.165) is 0 Å². The summed E-state index contributed by atoms with van der Waals surface area (Å²) >= 11 is 0. The van der Waals surface area contributed by atoms with E-state index in [-0.39, 0.29) is 22.5 Å². The van der Waals surface area contributed by atoms with Crippen LogP contribution in [0, 0.1) is 0 Å². The maximum atomic E-state index is 8.74. The standard InChI is InChI=1S/Fe.H2O4S.H2O/c;1-5(2,3)4;/h;(H2,1,2,3,4);1H2/q+2;;. The van der Waals surface area contributed by atoms with E-state index in [2.05, 4.69) is 0 Å². The molecule has 0 saturated heterocycles. The SMILES string of the molecule is O.O=S(=O)(O)O.[Fe+2]. The van der Waals surface area contributed by atoms with E-state index in [1.54, 1.807) is 0 Å². The second kappa shape index (κ2) is 4.51. The van der Waals surface area contributed by atoms with Crippen molar-refractivity contribution in [3.8, 4) is 0 Å². The van der Waals surface area contributed by atoms with E-state index in [4.69, 9.17) is 17.5 Å². The average Bonchev–Trinajstić information content (AvgIpc) is 0.722. The van der Waals surface area contributed by atoms with E-state index in [1.165, 1.54) is 0 Å². The molecule has 0 aromatic rings. The molecule has 0 aliphatic rings. The Labute approximate surface area is 51.1 Å². The summed E-state index contributed by atoms with van der Waals surface area (Å²) in [6.07, 6.45) is 0. The molecule has 0 rings (SSSR count). The van der Waals surface area contributed by atoms with Gasteiger partial charge in [-0.15, -0.1) is 0 Å². The Hall–Kier alpha value is 0.349. The van der Waals surface area contributed by atoms with Gasteiger partial charge in [-0.25, -0.2) is 0 Å². The molecule has 0 aromatic heterocycles. The Bertz CT molecular complexity index is 91.2. The van der Waals surface area contributed by atoms with Crippen LogP contribution in [-0.4, -0.2) is 23.0 Å². The largest absolute Gasteiger partial charge is 2.00 e. The predicted octanol–water partition coefficient (Wildman–Crippen LogP) is -1.48. The van der Waals surface area contributed by atoms with Gasteiger partial charge in [0.2, 0.25) is 0 Å². The van der Waals surface area contributed by atoms with Crippen molar-refractivity contribution in [2.24, 2.45) is 0 Å². The summed E-state index contributed by atoms with van der Waals surface area (Å²) in [6, 6.07) is 0. The average molecular weight is 172 g/mol. The van der Waals surface area contributed by atoms with Gasteiger partial charge in [0, 0.05) is 0 Å². The Kier molecular flexibility index (Phi) is 10.1. The first-order valence-corrected chi connectivity index (χ1v) is 2.10. The minimum absolute atomic E-state index is 0. The molecule has 0 aliphatic carbocycles. The van der Waals surface area contributed by atoms with Crippen LogP contribution in [0.5, 0.6) is 0 Å². The molecule has 7 heavy (non-hydrogen) atoms. The topological polar surface area (TPSA) is 106 Å². The van der Waals surface area contributed by atoms with E-state index in [0.29, 0.717) is 0 Å². The van der Waals surface area contributed by atoms with E-state index >= 15 is 0 Å². The first-order chi connectivity index (χ1) is 2.00. The number of rotatable bonds is 0. The fourth-order valence-electron chi connectivity index (χ4n) is 0. The normalized spacial score (nSPS) is 8.29. The summed E-state index contributed by atoms with van der Waals surface area (Å²) in [5.41, 5.74) is 0. The van der Waals surface area contributed by atoms with E-state index in [1.807, 2.05) is 0 Å². The predicted molar refractivity (Wildman–Crippen MR) is 17.8 cm³/mol. The smallest absolute Gasteiger partial charge is 0.412 e. The second-order valence-corrected chi connectivity index (χ2v) is 1.34. The van der Waals surface area contributed by atoms with Crippen molar-refractivity contribution in [2.75, 3.05) is 0 Å². The fraction of sp³-hybridized carbons (Fsp3) is 0. The van der Waals surface area contributed by atoms with Crippen molar-refractivity contribution in [1.82, 2.24) is 0 Å². The summed E-state index contributed by atoms with van der Waals surface area (Å²) in [5, 5.41) is 0. The second-order valence-electron chi connectivity index (χ2n) is 0.448. The zero-order valence-electron chi connectivity index (χ0n) is 2.97. The minimum Gasteiger partial charge on any atom is -0.412 e. The third kappa shape index (κ3) is 983. The summed E-state index contributed by atoms with van der Waals surface area (Å²) in [5.74, 6) is 0. The molecule has 0 saturated carbocycles. The van der Waals surface area contributed by atoms with Crippen LogP contribution in [0.4, 0.5) is 0 Å². The summed E-state index contributed by atoms with van der Waals surface area (Å²) in [4.78, 5) is 0. The molecule has 0 bridgehead atoms. The Morgan fingerprint density at radius 3 is 1.14 bits per heavy atom. The third-order valence-electron chi connectivity index (χ3n) is 0. The quantitative estimate of drug-likeness (QED) is 0.343. The van der Waals surface area contributed by atoms with E-state index in [9.17, 15) is 0 Å². The summed E-state index contributed by atoms with van der Waals surface area (Å²) in [7, 11) is -4.67. The molecule has 0 amide bonds. The molecule has 0 spiro atoms. The summed E-state index contributed by atoms with van der Waals surface area (Å²) in [6.45, 7) is 0. The Morgan fingerprint density at radius 1 is 1.14 bits per heavy atom. The van der Waals surface area contributed by atoms with Gasteiger partial charge in [0.15, 0.2) is 0 Å². The molecule has 46 valence electrons. The number of hydrogen-bond donors (Lipinski definition) is 2. The monoisotopic (exact) mass is 172 g/mol. The van der Waals surface area contributed by atoms with Gasteiger partial charge in [0.1, 0.15) is 0 Å². The van der Waals surface area contributed by atoms with Crippen molar-refractivity contribution in [3.05, 3.63) is 0 Å². The van der Waals surface area contributed by atoms with Crippen LogP contribution in [0.3, 0.4) is 0 Å². The molecule has 0 aliphatic heterocycles. The molecule has 0 atom stereocenters. The van der Waals surface area contributed by atoms with Crippen LogP contribution in [-0.2, 0) is 27.5 Å². The number of hydrogen-bond acceptors (Lipinski definition) is 2. The van der Waals surface area contributed by atoms with Crippen molar-refractivity contribution in [2.45, 2.75) is 0 Å². The molecule has 7 heteroatoms. The van der Waals surface area contributed by atoms with Gasteiger partial charge in [0.05, 0.1) is 0 Å². The van der Waals surface area contributed by atoms with Gasteiger partial charge in [-0.05, 0) is 0 Å². The van der Waals surface area contributed by atoms with Crippen molar-refractivity contribution in [1.29, 1.82) is 0 Å². The summed E-state index contributed by atoms with van der Waals surface area (Å²) < 4.78 is 31.6. The van der Waals surface area contributed by atoms with Crippen molar-refractivity contribution in [3.63, 3.8) is 0 Å². The molecule has 5 nitrogen and oxygen atoms in total. The molecule has 0 fully saturated rings. The van der Waals surface area contributed by atoms with Crippen LogP contribution in [0.25, 0.3) is 0 Å². The molecule has 0 heterocycles. The zero-order valence-corrected chi connectivity index (χ0v) is 4.89. The zero-order chi connectivity index (χ0) is 4.50. The first kappa shape index (κ1) is 15.7. The fourth-order valence-corrected chi connectivity index (χ4v) is 0. The van der Waals surface area contributed by atoms with Crippen LogP contribution in [0.1, 0.15) is 0 Å². The van der Waals surface area contributed by atoms with Gasteiger partial charge >= 0.3 is 27.5 Å². The van der Waals surface area contributed by atoms with Gasteiger partial charge in [-0.2, -0.15) is 8.42 Å². The molecular formula is H4FeO5S+2. The van der Waals surface area contributed by atoms with Crippen LogP contribution < -0.4 is 0 Å². The van der Waals surface area contributed by atoms with Gasteiger partial charge in [-0.1, -0.05) is 0 Å². The van der Waals surface area contributed by atoms with Gasteiger partial charge in [0.25, 0.3) is 0 Å². The maximum Gasteiger partial charge on any atom is 2.00 e. The minimum atomic E-state index is -4.67. The van der Waals surface area contributed by atoms with Crippen LogP contribution >= 0.6 is 0 Å². The first-order valence-electron chi connectivity index (χ1n) is 0.698. The Morgan fingerprint density at radius 2 is 1.14 bits per heavy atom. The van der Waals surface area contributed by atoms with Crippen molar-refractivity contribution >= 4 is 10.4 Å².